The van der Waals surface area contributed by atoms with Crippen LogP contribution >= 0.6 is 11.6 Å². The van der Waals surface area contributed by atoms with Crippen molar-refractivity contribution in [3.05, 3.63) is 18.0 Å². The highest BCUT2D eigenvalue weighted by molar-refractivity contribution is 6.20. The van der Waals surface area contributed by atoms with E-state index in [2.05, 4.69) is 20.6 Å². The van der Waals surface area contributed by atoms with Crippen LogP contribution in [0.5, 0.6) is 0 Å². The maximum Gasteiger partial charge on any atom is 0.267 e. The van der Waals surface area contributed by atoms with E-state index >= 15 is 0 Å². The lowest BCUT2D eigenvalue weighted by molar-refractivity contribution is -0.130. The van der Waals surface area contributed by atoms with Crippen LogP contribution in [0.3, 0.4) is 0 Å². The van der Waals surface area contributed by atoms with Gasteiger partial charge in [0.15, 0.2) is 0 Å². The second-order valence-corrected chi connectivity index (χ2v) is 7.31. The number of carbonyl (C=O) groups excluding carboxylic acids is 2. The number of alkyl halides is 1. The van der Waals surface area contributed by atoms with Crippen LogP contribution in [0.2, 0.25) is 0 Å². The average molecular weight is 352 g/mol. The molecule has 2 heterocycles. The van der Waals surface area contributed by atoms with Gasteiger partial charge in [0.1, 0.15) is 5.69 Å². The first kappa shape index (κ1) is 17.0. The van der Waals surface area contributed by atoms with Crippen molar-refractivity contribution in [2.24, 2.45) is 17.6 Å². The van der Waals surface area contributed by atoms with Crippen LogP contribution < -0.4 is 16.4 Å². The molecule has 1 aromatic heterocycles. The Balaban J connectivity index is 1.68. The van der Waals surface area contributed by atoms with E-state index < -0.39 is 5.91 Å². The highest BCUT2D eigenvalue weighted by Crippen LogP contribution is 2.36. The first-order valence-corrected chi connectivity index (χ1v) is 8.71. The van der Waals surface area contributed by atoms with Crippen molar-refractivity contribution in [3.63, 3.8) is 0 Å². The Labute approximate surface area is 145 Å². The smallest absolute Gasteiger partial charge is 0.267 e. The Morgan fingerprint density at radius 2 is 2.25 bits per heavy atom. The fourth-order valence-electron chi connectivity index (χ4n) is 3.68. The number of aromatic nitrogens is 2. The summed E-state index contributed by atoms with van der Waals surface area (Å²) in [4.78, 5) is 31.8. The molecule has 1 aliphatic heterocycles. The van der Waals surface area contributed by atoms with Crippen LogP contribution in [-0.4, -0.2) is 39.2 Å². The van der Waals surface area contributed by atoms with E-state index in [-0.39, 0.29) is 35.0 Å². The number of halogens is 1. The number of nitrogens with one attached hydrogen (secondary N) is 2. The van der Waals surface area contributed by atoms with Crippen molar-refractivity contribution in [2.75, 3.05) is 5.32 Å². The van der Waals surface area contributed by atoms with Gasteiger partial charge in [-0.15, -0.1) is 11.6 Å². The number of hydrogen-bond acceptors (Lipinski definition) is 5. The van der Waals surface area contributed by atoms with Gasteiger partial charge in [0.25, 0.3) is 5.91 Å². The molecule has 0 radical (unpaired) electrons. The first-order valence-electron chi connectivity index (χ1n) is 8.28. The van der Waals surface area contributed by atoms with E-state index in [9.17, 15) is 9.59 Å². The van der Waals surface area contributed by atoms with Crippen LogP contribution in [0.15, 0.2) is 12.3 Å². The first-order chi connectivity index (χ1) is 11.4. The lowest BCUT2D eigenvalue weighted by atomic mass is 9.74. The molecule has 2 amide bonds. The maximum absolute atomic E-state index is 12.4. The number of amides is 2. The second-order valence-electron chi connectivity index (χ2n) is 6.69. The molecule has 0 spiro atoms. The van der Waals surface area contributed by atoms with Gasteiger partial charge < -0.3 is 16.4 Å². The van der Waals surface area contributed by atoms with Crippen molar-refractivity contribution in [1.29, 1.82) is 0 Å². The summed E-state index contributed by atoms with van der Waals surface area (Å²) in [5.41, 5.74) is 5.37. The van der Waals surface area contributed by atoms with E-state index in [1.54, 1.807) is 0 Å². The minimum absolute atomic E-state index is 0.0512. The SMILES string of the molecule is C[C@H](Nc1nccc(C(N)=O)n1)C1CC2CC(Cl)CCC2NC1=O. The molecule has 3 rings (SSSR count). The monoisotopic (exact) mass is 351 g/mol. The molecule has 1 aliphatic carbocycles. The summed E-state index contributed by atoms with van der Waals surface area (Å²) in [6.45, 7) is 1.92. The highest BCUT2D eigenvalue weighted by atomic mass is 35.5. The third-order valence-electron chi connectivity index (χ3n) is 5.01. The van der Waals surface area contributed by atoms with Gasteiger partial charge in [-0.25, -0.2) is 9.97 Å². The molecule has 8 heteroatoms. The molecule has 5 atom stereocenters. The molecule has 2 aliphatic rings. The normalized spacial score (nSPS) is 30.8. The van der Waals surface area contributed by atoms with Crippen molar-refractivity contribution in [2.45, 2.75) is 50.1 Å². The zero-order valence-corrected chi connectivity index (χ0v) is 14.3. The summed E-state index contributed by atoms with van der Waals surface area (Å²) < 4.78 is 0. The summed E-state index contributed by atoms with van der Waals surface area (Å²) in [5, 5.41) is 6.45. The van der Waals surface area contributed by atoms with Gasteiger partial charge in [0.05, 0.1) is 5.92 Å². The van der Waals surface area contributed by atoms with Crippen molar-refractivity contribution >= 4 is 29.4 Å². The molecular weight excluding hydrogens is 330 g/mol. The maximum atomic E-state index is 12.4. The molecule has 24 heavy (non-hydrogen) atoms. The molecule has 0 aromatic carbocycles. The van der Waals surface area contributed by atoms with Crippen LogP contribution in [0.1, 0.15) is 43.1 Å². The van der Waals surface area contributed by atoms with E-state index in [0.29, 0.717) is 11.9 Å². The fourth-order valence-corrected chi connectivity index (χ4v) is 4.04. The fraction of sp³-hybridized carbons (Fsp3) is 0.625. The van der Waals surface area contributed by atoms with Crippen LogP contribution in [0.4, 0.5) is 5.95 Å². The van der Waals surface area contributed by atoms with Crippen LogP contribution in [-0.2, 0) is 4.79 Å². The Kier molecular flexibility index (Phi) is 4.89. The zero-order chi connectivity index (χ0) is 17.3. The van der Waals surface area contributed by atoms with E-state index in [4.69, 9.17) is 17.3 Å². The second kappa shape index (κ2) is 6.93. The number of rotatable bonds is 4. The summed E-state index contributed by atoms with van der Waals surface area (Å²) >= 11 is 6.28. The van der Waals surface area contributed by atoms with Crippen molar-refractivity contribution in [1.82, 2.24) is 15.3 Å². The number of hydrogen-bond donors (Lipinski definition) is 3. The Morgan fingerprint density at radius 1 is 1.46 bits per heavy atom. The number of nitrogens with two attached hydrogens (primary N) is 1. The third-order valence-corrected chi connectivity index (χ3v) is 5.40. The van der Waals surface area contributed by atoms with Crippen molar-refractivity contribution < 1.29 is 9.59 Å². The molecule has 130 valence electrons. The Morgan fingerprint density at radius 3 is 3.00 bits per heavy atom. The predicted octanol–water partition coefficient (Wildman–Crippen LogP) is 1.29. The average Bonchev–Trinajstić information content (AvgIpc) is 2.54. The number of fused-ring (bicyclic) bond motifs is 1. The van der Waals surface area contributed by atoms with Gasteiger partial charge in [0, 0.05) is 23.7 Å². The molecular formula is C16H22ClN5O2. The number of primary amides is 1. The predicted molar refractivity (Wildman–Crippen MR) is 90.7 cm³/mol. The molecule has 1 saturated heterocycles. The standard InChI is InChI=1S/C16H22ClN5O2/c1-8(20-16-19-5-4-13(22-16)14(18)23)11-7-9-6-10(17)2-3-12(9)21-15(11)24/h4-5,8-12H,2-3,6-7H2,1H3,(H2,18,23)(H,21,24)(H,19,20,22)/t8-,9?,10?,11?,12?/m0/s1. The molecule has 1 saturated carbocycles. The van der Waals surface area contributed by atoms with Crippen molar-refractivity contribution in [3.8, 4) is 0 Å². The zero-order valence-electron chi connectivity index (χ0n) is 13.5. The Bertz CT molecular complexity index is 641. The largest absolute Gasteiger partial charge is 0.364 e. The van der Waals surface area contributed by atoms with Gasteiger partial charge in [0.2, 0.25) is 11.9 Å². The number of carbonyl (C=O) groups is 2. The van der Waals surface area contributed by atoms with Crippen LogP contribution in [0.25, 0.3) is 0 Å². The van der Waals surface area contributed by atoms with Gasteiger partial charge in [-0.05, 0) is 44.6 Å². The molecule has 2 fully saturated rings. The Hall–Kier alpha value is -1.89. The summed E-state index contributed by atoms with van der Waals surface area (Å²) in [5.74, 6) is -0.0373. The summed E-state index contributed by atoms with van der Waals surface area (Å²) in [6, 6.07) is 1.54. The summed E-state index contributed by atoms with van der Waals surface area (Å²) in [7, 11) is 0. The number of anilines is 1. The van der Waals surface area contributed by atoms with E-state index in [1.165, 1.54) is 12.3 Å². The van der Waals surface area contributed by atoms with Gasteiger partial charge in [-0.2, -0.15) is 0 Å². The topological polar surface area (TPSA) is 110 Å². The highest BCUT2D eigenvalue weighted by Gasteiger charge is 2.41. The van der Waals surface area contributed by atoms with Crippen LogP contribution in [0, 0.1) is 11.8 Å². The lowest BCUT2D eigenvalue weighted by Gasteiger charge is -2.42. The summed E-state index contributed by atoms with van der Waals surface area (Å²) in [6.07, 6.45) is 5.10. The quantitative estimate of drug-likeness (QED) is 0.708. The molecule has 7 nitrogen and oxygen atoms in total. The van der Waals surface area contributed by atoms with E-state index in [1.807, 2.05) is 6.92 Å². The minimum atomic E-state index is -0.610. The molecule has 0 bridgehead atoms. The van der Waals surface area contributed by atoms with Gasteiger partial charge >= 0.3 is 0 Å². The molecule has 4 unspecified atom stereocenters. The third kappa shape index (κ3) is 3.61. The lowest BCUT2D eigenvalue weighted by Crippen LogP contribution is -2.55. The molecule has 1 aromatic rings. The number of nitrogens with zero attached hydrogens (tertiary/aromatic N) is 2. The van der Waals surface area contributed by atoms with Gasteiger partial charge in [-0.1, -0.05) is 0 Å². The minimum Gasteiger partial charge on any atom is -0.364 e. The van der Waals surface area contributed by atoms with Gasteiger partial charge in [-0.3, -0.25) is 9.59 Å². The van der Waals surface area contributed by atoms with E-state index in [0.717, 1.165) is 25.7 Å². The number of piperidine rings is 1. The molecule has 4 N–H and O–H groups in total.